The van der Waals surface area contributed by atoms with Crippen molar-refractivity contribution in [2.75, 3.05) is 0 Å². The number of rotatable bonds is 1. The third-order valence-corrected chi connectivity index (χ3v) is 3.95. The quantitative estimate of drug-likeness (QED) is 0.833. The van der Waals surface area contributed by atoms with E-state index in [1.165, 1.54) is 6.07 Å². The Balaban J connectivity index is 2.22. The lowest BCUT2D eigenvalue weighted by Gasteiger charge is -2.36. The molecule has 0 bridgehead atoms. The lowest BCUT2D eigenvalue weighted by Crippen LogP contribution is -2.42. The molecular weight excluding hydrogens is 244 g/mol. The standard InChI is InChI=1S/C16H15F2N/c17-14-9-3-8-13(15(14)18)16(19)10-4-6-11-5-1-2-7-12(11)16/h1-3,5,7-9H,4,6,10,19H2. The monoisotopic (exact) mass is 259 g/mol. The van der Waals surface area contributed by atoms with Crippen molar-refractivity contribution in [3.05, 3.63) is 70.8 Å². The second-order valence-electron chi connectivity index (χ2n) is 5.08. The normalized spacial score (nSPS) is 22.1. The van der Waals surface area contributed by atoms with Gasteiger partial charge in [0.25, 0.3) is 0 Å². The fourth-order valence-electron chi connectivity index (χ4n) is 2.99. The Morgan fingerprint density at radius 3 is 2.53 bits per heavy atom. The van der Waals surface area contributed by atoms with Crippen LogP contribution in [0.2, 0.25) is 0 Å². The molecule has 1 aliphatic carbocycles. The maximum Gasteiger partial charge on any atom is 0.164 e. The molecule has 98 valence electrons. The Bertz CT molecular complexity index is 624. The van der Waals surface area contributed by atoms with Gasteiger partial charge in [0.2, 0.25) is 0 Å². The molecule has 1 nitrogen and oxygen atoms in total. The Morgan fingerprint density at radius 2 is 1.68 bits per heavy atom. The number of benzene rings is 2. The van der Waals surface area contributed by atoms with E-state index in [1.807, 2.05) is 24.3 Å². The Morgan fingerprint density at radius 1 is 0.947 bits per heavy atom. The zero-order chi connectivity index (χ0) is 13.5. The van der Waals surface area contributed by atoms with Crippen LogP contribution in [0, 0.1) is 11.6 Å². The smallest absolute Gasteiger partial charge is 0.164 e. The van der Waals surface area contributed by atoms with Gasteiger partial charge in [-0.25, -0.2) is 8.78 Å². The van der Waals surface area contributed by atoms with E-state index in [-0.39, 0.29) is 5.56 Å². The van der Waals surface area contributed by atoms with E-state index >= 15 is 0 Å². The van der Waals surface area contributed by atoms with Gasteiger partial charge in [0.1, 0.15) is 0 Å². The van der Waals surface area contributed by atoms with Crippen molar-refractivity contribution in [1.29, 1.82) is 0 Å². The average Bonchev–Trinajstić information content (AvgIpc) is 2.42. The third kappa shape index (κ3) is 1.85. The Kier molecular flexibility index (Phi) is 2.86. The van der Waals surface area contributed by atoms with Crippen molar-refractivity contribution < 1.29 is 8.78 Å². The summed E-state index contributed by atoms with van der Waals surface area (Å²) in [5, 5.41) is 0. The maximum atomic E-state index is 14.1. The molecule has 3 rings (SSSR count). The van der Waals surface area contributed by atoms with Crippen LogP contribution < -0.4 is 5.73 Å². The van der Waals surface area contributed by atoms with Crippen LogP contribution in [0.15, 0.2) is 42.5 Å². The van der Waals surface area contributed by atoms with Crippen molar-refractivity contribution in [2.45, 2.75) is 24.8 Å². The second kappa shape index (κ2) is 4.42. The molecule has 19 heavy (non-hydrogen) atoms. The van der Waals surface area contributed by atoms with Crippen molar-refractivity contribution in [2.24, 2.45) is 5.73 Å². The molecule has 0 aromatic heterocycles. The molecule has 0 fully saturated rings. The van der Waals surface area contributed by atoms with Gasteiger partial charge in [-0.2, -0.15) is 0 Å². The first-order valence-electron chi connectivity index (χ1n) is 6.45. The van der Waals surface area contributed by atoms with E-state index < -0.39 is 17.2 Å². The number of hydrogen-bond donors (Lipinski definition) is 1. The summed E-state index contributed by atoms with van der Waals surface area (Å²) in [4.78, 5) is 0. The lowest BCUT2D eigenvalue weighted by atomic mass is 9.73. The summed E-state index contributed by atoms with van der Waals surface area (Å²) in [5.74, 6) is -1.67. The molecule has 3 heteroatoms. The first-order chi connectivity index (χ1) is 9.13. The Labute approximate surface area is 111 Å². The molecule has 2 N–H and O–H groups in total. The average molecular weight is 259 g/mol. The predicted octanol–water partition coefficient (Wildman–Crippen LogP) is 3.50. The first-order valence-corrected chi connectivity index (χ1v) is 6.45. The van der Waals surface area contributed by atoms with Gasteiger partial charge in [-0.3, -0.25) is 0 Å². The maximum absolute atomic E-state index is 14.1. The zero-order valence-corrected chi connectivity index (χ0v) is 10.5. The molecule has 0 heterocycles. The van der Waals surface area contributed by atoms with Gasteiger partial charge in [-0.15, -0.1) is 0 Å². The molecule has 0 aliphatic heterocycles. The van der Waals surface area contributed by atoms with E-state index in [9.17, 15) is 8.78 Å². The topological polar surface area (TPSA) is 26.0 Å². The van der Waals surface area contributed by atoms with Gasteiger partial charge >= 0.3 is 0 Å². The number of hydrogen-bond acceptors (Lipinski definition) is 1. The molecule has 2 aromatic carbocycles. The summed E-state index contributed by atoms with van der Waals surface area (Å²) in [6.45, 7) is 0. The summed E-state index contributed by atoms with van der Waals surface area (Å²) in [7, 11) is 0. The molecule has 1 unspecified atom stereocenters. The Hall–Kier alpha value is -1.74. The highest BCUT2D eigenvalue weighted by molar-refractivity contribution is 5.45. The van der Waals surface area contributed by atoms with Crippen molar-refractivity contribution in [1.82, 2.24) is 0 Å². The highest BCUT2D eigenvalue weighted by Gasteiger charge is 2.36. The van der Waals surface area contributed by atoms with Gasteiger partial charge < -0.3 is 5.73 Å². The van der Waals surface area contributed by atoms with E-state index in [0.29, 0.717) is 6.42 Å². The van der Waals surface area contributed by atoms with Gasteiger partial charge in [-0.1, -0.05) is 36.4 Å². The number of halogens is 2. The fraction of sp³-hybridized carbons (Fsp3) is 0.250. The van der Waals surface area contributed by atoms with Crippen LogP contribution in [0.1, 0.15) is 29.5 Å². The molecule has 2 aromatic rings. The van der Waals surface area contributed by atoms with Gasteiger partial charge in [0.05, 0.1) is 5.54 Å². The van der Waals surface area contributed by atoms with Crippen LogP contribution in [0.4, 0.5) is 8.78 Å². The highest BCUT2D eigenvalue weighted by Crippen LogP contribution is 2.39. The van der Waals surface area contributed by atoms with E-state index in [1.54, 1.807) is 6.07 Å². The van der Waals surface area contributed by atoms with Crippen LogP contribution in [0.5, 0.6) is 0 Å². The fourth-order valence-corrected chi connectivity index (χ4v) is 2.99. The molecule has 0 saturated carbocycles. The molecule has 0 saturated heterocycles. The van der Waals surface area contributed by atoms with Crippen molar-refractivity contribution in [3.63, 3.8) is 0 Å². The van der Waals surface area contributed by atoms with Crippen LogP contribution in [-0.4, -0.2) is 0 Å². The van der Waals surface area contributed by atoms with Crippen LogP contribution in [0.3, 0.4) is 0 Å². The summed E-state index contributed by atoms with van der Waals surface area (Å²) in [5.41, 5.74) is 7.81. The SMILES string of the molecule is NC1(c2cccc(F)c2F)CCCc2ccccc21. The van der Waals surface area contributed by atoms with E-state index in [4.69, 9.17) is 5.73 Å². The highest BCUT2D eigenvalue weighted by atomic mass is 19.2. The van der Waals surface area contributed by atoms with Gasteiger partial charge in [0.15, 0.2) is 11.6 Å². The van der Waals surface area contributed by atoms with Gasteiger partial charge in [-0.05, 0) is 36.5 Å². The second-order valence-corrected chi connectivity index (χ2v) is 5.08. The lowest BCUT2D eigenvalue weighted by molar-refractivity contribution is 0.406. The minimum Gasteiger partial charge on any atom is -0.318 e. The summed E-state index contributed by atoms with van der Waals surface area (Å²) >= 11 is 0. The minimum absolute atomic E-state index is 0.250. The first kappa shape index (κ1) is 12.3. The molecule has 1 atom stereocenters. The molecule has 0 radical (unpaired) electrons. The molecule has 0 spiro atoms. The molecule has 1 aliphatic rings. The van der Waals surface area contributed by atoms with E-state index in [2.05, 4.69) is 0 Å². The summed E-state index contributed by atoms with van der Waals surface area (Å²) in [6, 6.07) is 12.0. The zero-order valence-electron chi connectivity index (χ0n) is 10.5. The molecule has 0 amide bonds. The van der Waals surface area contributed by atoms with Gasteiger partial charge in [0, 0.05) is 5.56 Å². The number of nitrogens with two attached hydrogens (primary N) is 1. The number of aryl methyl sites for hydroxylation is 1. The van der Waals surface area contributed by atoms with Crippen molar-refractivity contribution in [3.8, 4) is 0 Å². The summed E-state index contributed by atoms with van der Waals surface area (Å²) < 4.78 is 27.5. The minimum atomic E-state index is -0.930. The van der Waals surface area contributed by atoms with E-state index in [0.717, 1.165) is 30.0 Å². The van der Waals surface area contributed by atoms with Crippen LogP contribution >= 0.6 is 0 Å². The van der Waals surface area contributed by atoms with Crippen LogP contribution in [-0.2, 0) is 12.0 Å². The molecular formula is C16H15F2N. The largest absolute Gasteiger partial charge is 0.318 e. The predicted molar refractivity (Wildman–Crippen MR) is 70.7 cm³/mol. The summed E-state index contributed by atoms with van der Waals surface area (Å²) in [6.07, 6.45) is 2.44. The van der Waals surface area contributed by atoms with Crippen molar-refractivity contribution >= 4 is 0 Å². The third-order valence-electron chi connectivity index (χ3n) is 3.95. The van der Waals surface area contributed by atoms with Crippen LogP contribution in [0.25, 0.3) is 0 Å². The number of fused-ring (bicyclic) bond motifs is 1.